The molecule has 4 heterocycles. The number of ether oxygens (including phenoxy) is 4. The average molecular weight is 544 g/mol. The van der Waals surface area contributed by atoms with Crippen molar-refractivity contribution in [1.29, 1.82) is 0 Å². The third-order valence-electron chi connectivity index (χ3n) is 7.28. The van der Waals surface area contributed by atoms with Gasteiger partial charge in [0.25, 0.3) is 17.7 Å². The van der Waals surface area contributed by atoms with Crippen molar-refractivity contribution in [3.05, 3.63) is 82.9 Å². The molecule has 0 spiro atoms. The minimum Gasteiger partial charge on any atom is -0.488 e. The van der Waals surface area contributed by atoms with E-state index in [1.165, 1.54) is 0 Å². The van der Waals surface area contributed by atoms with Crippen LogP contribution in [-0.4, -0.2) is 61.3 Å². The van der Waals surface area contributed by atoms with Crippen molar-refractivity contribution in [1.82, 2.24) is 15.5 Å². The molecule has 0 aromatic heterocycles. The molecule has 1 fully saturated rings. The minimum absolute atomic E-state index is 0.128. The lowest BCUT2D eigenvalue weighted by atomic mass is 9.99. The van der Waals surface area contributed by atoms with E-state index in [0.717, 1.165) is 11.1 Å². The number of hydrogen-bond donors (Lipinski definition) is 2. The zero-order valence-corrected chi connectivity index (χ0v) is 22.0. The van der Waals surface area contributed by atoms with Gasteiger partial charge in [0.1, 0.15) is 17.6 Å². The molecule has 0 unspecified atom stereocenters. The van der Waals surface area contributed by atoms with Gasteiger partial charge in [0, 0.05) is 37.2 Å². The maximum absolute atomic E-state index is 13.4. The number of aryl methyl sites for hydroxylation is 1. The SMILES string of the molecule is Cc1ccc2cc1OCC(=O)NCc1ccc(cc1)O[C@H]1CCN(C(=O)c3ccc4c(c3)OCO4)C[C@@H]1NC2=O. The number of nitrogens with one attached hydrogen (secondary N) is 2. The van der Waals surface area contributed by atoms with Crippen LogP contribution in [0, 0.1) is 6.92 Å². The Balaban J connectivity index is 1.27. The van der Waals surface area contributed by atoms with Gasteiger partial charge < -0.3 is 34.5 Å². The molecule has 10 heteroatoms. The first kappa shape index (κ1) is 25.5. The Morgan fingerprint density at radius 2 is 1.75 bits per heavy atom. The molecule has 3 amide bonds. The number of nitrogens with zero attached hydrogens (tertiary/aromatic N) is 1. The van der Waals surface area contributed by atoms with E-state index < -0.39 is 6.04 Å². The Bertz CT molecular complexity index is 1460. The Morgan fingerprint density at radius 3 is 2.60 bits per heavy atom. The van der Waals surface area contributed by atoms with E-state index in [1.54, 1.807) is 41.3 Å². The summed E-state index contributed by atoms with van der Waals surface area (Å²) in [5, 5.41) is 5.92. The molecular weight excluding hydrogens is 514 g/mol. The van der Waals surface area contributed by atoms with Crippen LogP contribution in [0.15, 0.2) is 60.7 Å². The molecule has 1 saturated heterocycles. The zero-order chi connectivity index (χ0) is 27.6. The lowest BCUT2D eigenvalue weighted by molar-refractivity contribution is -0.123. The second kappa shape index (κ2) is 10.8. The molecular formula is C30H29N3O7. The van der Waals surface area contributed by atoms with Gasteiger partial charge in [0.2, 0.25) is 6.79 Å². The number of benzene rings is 3. The molecule has 2 atom stereocenters. The number of carbonyl (C=O) groups is 3. The Morgan fingerprint density at radius 1 is 0.925 bits per heavy atom. The van der Waals surface area contributed by atoms with E-state index in [9.17, 15) is 14.4 Å². The van der Waals surface area contributed by atoms with Gasteiger partial charge in [-0.05, 0) is 60.5 Å². The van der Waals surface area contributed by atoms with E-state index in [2.05, 4.69) is 10.6 Å². The molecule has 2 N–H and O–H groups in total. The van der Waals surface area contributed by atoms with Gasteiger partial charge in [0.05, 0.1) is 6.04 Å². The lowest BCUT2D eigenvalue weighted by Gasteiger charge is -2.39. The molecule has 0 aliphatic carbocycles. The van der Waals surface area contributed by atoms with Gasteiger partial charge in [-0.3, -0.25) is 14.4 Å². The summed E-state index contributed by atoms with van der Waals surface area (Å²) in [6.45, 7) is 2.87. The van der Waals surface area contributed by atoms with E-state index in [4.69, 9.17) is 18.9 Å². The smallest absolute Gasteiger partial charge is 0.258 e. The fraction of sp³-hybridized carbons (Fsp3) is 0.300. The second-order valence-electron chi connectivity index (χ2n) is 10.0. The van der Waals surface area contributed by atoms with Crippen molar-refractivity contribution in [2.75, 3.05) is 26.5 Å². The Kier molecular flexibility index (Phi) is 6.90. The maximum Gasteiger partial charge on any atom is 0.258 e. The van der Waals surface area contributed by atoms with Crippen LogP contribution in [0.5, 0.6) is 23.0 Å². The summed E-state index contributed by atoms with van der Waals surface area (Å²) in [5.74, 6) is 1.48. The van der Waals surface area contributed by atoms with Crippen LogP contribution in [-0.2, 0) is 11.3 Å². The van der Waals surface area contributed by atoms with Crippen LogP contribution in [0.25, 0.3) is 0 Å². The van der Waals surface area contributed by atoms with Crippen LogP contribution in [0.2, 0.25) is 0 Å². The van der Waals surface area contributed by atoms with Crippen LogP contribution < -0.4 is 29.6 Å². The van der Waals surface area contributed by atoms with Crippen LogP contribution >= 0.6 is 0 Å². The maximum atomic E-state index is 13.4. The monoisotopic (exact) mass is 543 g/mol. The highest BCUT2D eigenvalue weighted by molar-refractivity contribution is 5.96. The van der Waals surface area contributed by atoms with Gasteiger partial charge in [-0.2, -0.15) is 0 Å². The molecule has 0 saturated carbocycles. The summed E-state index contributed by atoms with van der Waals surface area (Å²) in [5.41, 5.74) is 2.58. The lowest BCUT2D eigenvalue weighted by Crippen LogP contribution is -2.58. The van der Waals surface area contributed by atoms with Crippen LogP contribution in [0.1, 0.15) is 38.3 Å². The summed E-state index contributed by atoms with van der Waals surface area (Å²) in [4.78, 5) is 40.9. The van der Waals surface area contributed by atoms with E-state index in [0.29, 0.717) is 53.6 Å². The highest BCUT2D eigenvalue weighted by atomic mass is 16.7. The summed E-state index contributed by atoms with van der Waals surface area (Å²) in [6.07, 6.45) is 0.147. The summed E-state index contributed by atoms with van der Waals surface area (Å²) in [7, 11) is 0. The molecule has 7 rings (SSSR count). The molecule has 4 aliphatic rings. The van der Waals surface area contributed by atoms with Gasteiger partial charge in [-0.1, -0.05) is 18.2 Å². The predicted octanol–water partition coefficient (Wildman–Crippen LogP) is 2.82. The topological polar surface area (TPSA) is 115 Å². The highest BCUT2D eigenvalue weighted by Crippen LogP contribution is 2.33. The molecule has 3 aromatic rings. The largest absolute Gasteiger partial charge is 0.488 e. The fourth-order valence-corrected chi connectivity index (χ4v) is 5.01. The molecule has 10 nitrogen and oxygen atoms in total. The van der Waals surface area contributed by atoms with E-state index in [1.807, 2.05) is 31.2 Å². The fourth-order valence-electron chi connectivity index (χ4n) is 5.01. The van der Waals surface area contributed by atoms with Crippen molar-refractivity contribution in [3.8, 4) is 23.0 Å². The summed E-state index contributed by atoms with van der Waals surface area (Å²) in [6, 6.07) is 17.2. The predicted molar refractivity (Wildman–Crippen MR) is 144 cm³/mol. The van der Waals surface area contributed by atoms with Gasteiger partial charge >= 0.3 is 0 Å². The minimum atomic E-state index is -0.483. The number of amides is 3. The Labute approximate surface area is 231 Å². The molecule has 4 bridgehead atoms. The average Bonchev–Trinajstić information content (AvgIpc) is 3.44. The molecule has 0 radical (unpaired) electrons. The number of rotatable bonds is 1. The first-order valence-corrected chi connectivity index (χ1v) is 13.2. The van der Waals surface area contributed by atoms with E-state index >= 15 is 0 Å². The Hall–Kier alpha value is -4.73. The van der Waals surface area contributed by atoms with Gasteiger partial charge in [0.15, 0.2) is 18.1 Å². The third-order valence-corrected chi connectivity index (χ3v) is 7.28. The second-order valence-corrected chi connectivity index (χ2v) is 10.0. The van der Waals surface area contributed by atoms with Crippen molar-refractivity contribution in [2.45, 2.75) is 32.0 Å². The molecule has 4 aliphatic heterocycles. The highest BCUT2D eigenvalue weighted by Gasteiger charge is 2.35. The summed E-state index contributed by atoms with van der Waals surface area (Å²) >= 11 is 0. The number of likely N-dealkylation sites (tertiary alicyclic amines) is 1. The third kappa shape index (κ3) is 5.38. The summed E-state index contributed by atoms with van der Waals surface area (Å²) < 4.78 is 22.9. The van der Waals surface area contributed by atoms with Crippen molar-refractivity contribution < 1.29 is 33.3 Å². The zero-order valence-electron chi connectivity index (χ0n) is 22.0. The molecule has 3 aromatic carbocycles. The number of fused-ring (bicyclic) bond motifs is 8. The van der Waals surface area contributed by atoms with Crippen molar-refractivity contribution >= 4 is 17.7 Å². The number of piperidine rings is 1. The quantitative estimate of drug-likeness (QED) is 0.485. The number of carbonyl (C=O) groups excluding carboxylic acids is 3. The first-order chi connectivity index (χ1) is 19.4. The van der Waals surface area contributed by atoms with Gasteiger partial charge in [-0.15, -0.1) is 0 Å². The van der Waals surface area contributed by atoms with Gasteiger partial charge in [-0.25, -0.2) is 0 Å². The molecule has 206 valence electrons. The first-order valence-electron chi connectivity index (χ1n) is 13.2. The number of hydrogen-bond acceptors (Lipinski definition) is 7. The molecule has 40 heavy (non-hydrogen) atoms. The van der Waals surface area contributed by atoms with Crippen LogP contribution in [0.4, 0.5) is 0 Å². The van der Waals surface area contributed by atoms with Crippen LogP contribution in [0.3, 0.4) is 0 Å². The van der Waals surface area contributed by atoms with Crippen molar-refractivity contribution in [3.63, 3.8) is 0 Å². The standard InChI is InChI=1S/C30H29N3O7/c1-18-2-5-20-12-26(18)37-16-28(34)31-14-19-3-7-22(8-4-19)40-24-10-11-33(15-23(24)32-29(20)35)30(36)21-6-9-25-27(13-21)39-17-38-25/h2-9,12-13,23-24H,10-11,14-17H2,1H3,(H,31,34)(H,32,35)/t23-,24-/m0/s1. The van der Waals surface area contributed by atoms with Crippen molar-refractivity contribution in [2.24, 2.45) is 0 Å². The normalized spacial score (nSPS) is 20.4. The van der Waals surface area contributed by atoms with E-state index in [-0.39, 0.29) is 43.8 Å².